The SMILES string of the molecule is CC/C=C\C/C=C\C/C=C\CCCCCC(=O)OC(CC)CCCC(=O)O. The van der Waals surface area contributed by atoms with Crippen molar-refractivity contribution >= 4 is 11.9 Å². The van der Waals surface area contributed by atoms with Gasteiger partial charge in [-0.3, -0.25) is 9.59 Å². The third kappa shape index (κ3) is 18.7. The van der Waals surface area contributed by atoms with Crippen molar-refractivity contribution in [3.63, 3.8) is 0 Å². The first-order valence-corrected chi connectivity index (χ1v) is 10.5. The highest BCUT2D eigenvalue weighted by Gasteiger charge is 2.12. The maximum Gasteiger partial charge on any atom is 0.306 e. The zero-order chi connectivity index (χ0) is 20.2. The Morgan fingerprint density at radius 3 is 2.15 bits per heavy atom. The van der Waals surface area contributed by atoms with Gasteiger partial charge in [0.25, 0.3) is 0 Å². The van der Waals surface area contributed by atoms with Crippen LogP contribution in [0.4, 0.5) is 0 Å². The summed E-state index contributed by atoms with van der Waals surface area (Å²) in [6.45, 7) is 4.10. The number of carbonyl (C=O) groups is 2. The number of carbonyl (C=O) groups excluding carboxylic acids is 1. The van der Waals surface area contributed by atoms with Crippen LogP contribution in [-0.4, -0.2) is 23.1 Å². The maximum atomic E-state index is 11.8. The van der Waals surface area contributed by atoms with Gasteiger partial charge in [-0.15, -0.1) is 0 Å². The Balaban J connectivity index is 3.62. The number of unbranched alkanes of at least 4 members (excludes halogenated alkanes) is 3. The van der Waals surface area contributed by atoms with Crippen molar-refractivity contribution in [2.24, 2.45) is 0 Å². The molecule has 0 aromatic carbocycles. The molecule has 27 heavy (non-hydrogen) atoms. The van der Waals surface area contributed by atoms with Crippen LogP contribution in [0.25, 0.3) is 0 Å². The first-order chi connectivity index (χ1) is 13.1. The third-order valence-electron chi connectivity index (χ3n) is 4.20. The predicted molar refractivity (Wildman–Crippen MR) is 112 cm³/mol. The number of rotatable bonds is 17. The standard InChI is InChI=1S/C23H38O4/c1-3-5-6-7-8-9-10-11-12-13-14-15-16-20-23(26)27-21(4-2)18-17-19-22(24)25/h5-6,8-9,11-12,21H,3-4,7,10,13-20H2,1-2H3,(H,24,25)/b6-5-,9-8-,12-11-. The minimum absolute atomic E-state index is 0.132. The van der Waals surface area contributed by atoms with E-state index in [4.69, 9.17) is 9.84 Å². The van der Waals surface area contributed by atoms with Gasteiger partial charge in [-0.1, -0.05) is 56.7 Å². The van der Waals surface area contributed by atoms with Gasteiger partial charge in [-0.2, -0.15) is 0 Å². The van der Waals surface area contributed by atoms with Crippen molar-refractivity contribution in [2.45, 2.75) is 97.0 Å². The van der Waals surface area contributed by atoms with Gasteiger partial charge in [0.1, 0.15) is 6.10 Å². The summed E-state index contributed by atoms with van der Waals surface area (Å²) < 4.78 is 5.43. The lowest BCUT2D eigenvalue weighted by Gasteiger charge is -2.15. The van der Waals surface area contributed by atoms with E-state index in [1.54, 1.807) is 0 Å². The van der Waals surface area contributed by atoms with Gasteiger partial charge in [0.05, 0.1) is 0 Å². The highest BCUT2D eigenvalue weighted by molar-refractivity contribution is 5.69. The zero-order valence-corrected chi connectivity index (χ0v) is 17.2. The smallest absolute Gasteiger partial charge is 0.306 e. The van der Waals surface area contributed by atoms with E-state index in [1.807, 2.05) is 6.92 Å². The summed E-state index contributed by atoms with van der Waals surface area (Å²) in [7, 11) is 0. The van der Waals surface area contributed by atoms with Crippen LogP contribution in [0.1, 0.15) is 90.9 Å². The van der Waals surface area contributed by atoms with Crippen LogP contribution in [0.3, 0.4) is 0 Å². The summed E-state index contributed by atoms with van der Waals surface area (Å²) in [6, 6.07) is 0. The van der Waals surface area contributed by atoms with E-state index in [1.165, 1.54) is 0 Å². The number of allylic oxidation sites excluding steroid dienone is 6. The Kier molecular flexibility index (Phi) is 17.6. The number of hydrogen-bond acceptors (Lipinski definition) is 3. The molecule has 154 valence electrons. The predicted octanol–water partition coefficient (Wildman–Crippen LogP) is 6.37. The molecule has 0 fully saturated rings. The molecule has 0 aliphatic rings. The van der Waals surface area contributed by atoms with Gasteiger partial charge in [0.2, 0.25) is 0 Å². The van der Waals surface area contributed by atoms with Crippen LogP contribution in [0.2, 0.25) is 0 Å². The fraction of sp³-hybridized carbons (Fsp3) is 0.652. The van der Waals surface area contributed by atoms with E-state index in [-0.39, 0.29) is 18.5 Å². The molecule has 0 aliphatic carbocycles. The van der Waals surface area contributed by atoms with Gasteiger partial charge < -0.3 is 9.84 Å². The first-order valence-electron chi connectivity index (χ1n) is 10.5. The molecule has 4 heteroatoms. The zero-order valence-electron chi connectivity index (χ0n) is 17.2. The summed E-state index contributed by atoms with van der Waals surface area (Å²) >= 11 is 0. The highest BCUT2D eigenvalue weighted by Crippen LogP contribution is 2.12. The second-order valence-corrected chi connectivity index (χ2v) is 6.70. The van der Waals surface area contributed by atoms with Gasteiger partial charge in [0.15, 0.2) is 0 Å². The van der Waals surface area contributed by atoms with Crippen molar-refractivity contribution in [1.82, 2.24) is 0 Å². The fourth-order valence-corrected chi connectivity index (χ4v) is 2.61. The Hall–Kier alpha value is -1.84. The Morgan fingerprint density at radius 2 is 1.52 bits per heavy atom. The van der Waals surface area contributed by atoms with Crippen LogP contribution in [-0.2, 0) is 14.3 Å². The number of ether oxygens (including phenoxy) is 1. The minimum atomic E-state index is -0.801. The van der Waals surface area contributed by atoms with Gasteiger partial charge >= 0.3 is 11.9 Å². The average Bonchev–Trinajstić information content (AvgIpc) is 2.64. The number of carboxylic acid groups (broad SMARTS) is 1. The molecule has 0 saturated carbocycles. The minimum Gasteiger partial charge on any atom is -0.481 e. The molecule has 1 atom stereocenters. The van der Waals surface area contributed by atoms with Crippen molar-refractivity contribution in [1.29, 1.82) is 0 Å². The lowest BCUT2D eigenvalue weighted by molar-refractivity contribution is -0.149. The van der Waals surface area contributed by atoms with Gasteiger partial charge in [0, 0.05) is 12.8 Å². The fourth-order valence-electron chi connectivity index (χ4n) is 2.61. The molecule has 4 nitrogen and oxygen atoms in total. The van der Waals surface area contributed by atoms with Gasteiger partial charge in [-0.25, -0.2) is 0 Å². The monoisotopic (exact) mass is 378 g/mol. The Morgan fingerprint density at radius 1 is 0.852 bits per heavy atom. The van der Waals surface area contributed by atoms with Crippen LogP contribution in [0.15, 0.2) is 36.5 Å². The lowest BCUT2D eigenvalue weighted by atomic mass is 10.1. The van der Waals surface area contributed by atoms with Crippen molar-refractivity contribution < 1.29 is 19.4 Å². The summed E-state index contributed by atoms with van der Waals surface area (Å²) in [6.07, 6.45) is 22.6. The number of carboxylic acids is 1. The lowest BCUT2D eigenvalue weighted by Crippen LogP contribution is -2.17. The largest absolute Gasteiger partial charge is 0.481 e. The molecule has 1 N–H and O–H groups in total. The highest BCUT2D eigenvalue weighted by atomic mass is 16.5. The second kappa shape index (κ2) is 18.9. The Bertz CT molecular complexity index is 463. The first kappa shape index (κ1) is 25.2. The molecule has 0 bridgehead atoms. The quantitative estimate of drug-likeness (QED) is 0.181. The molecule has 0 aromatic rings. The van der Waals surface area contributed by atoms with Crippen LogP contribution in [0, 0.1) is 0 Å². The van der Waals surface area contributed by atoms with Crippen molar-refractivity contribution in [3.05, 3.63) is 36.5 Å². The van der Waals surface area contributed by atoms with E-state index in [9.17, 15) is 9.59 Å². The molecule has 1 unspecified atom stereocenters. The average molecular weight is 379 g/mol. The van der Waals surface area contributed by atoms with Crippen LogP contribution < -0.4 is 0 Å². The topological polar surface area (TPSA) is 63.6 Å². The normalized spacial score (nSPS) is 13.0. The molecular formula is C23H38O4. The van der Waals surface area contributed by atoms with E-state index in [2.05, 4.69) is 43.4 Å². The summed E-state index contributed by atoms with van der Waals surface area (Å²) in [5.74, 6) is -0.958. The molecule has 0 radical (unpaired) electrons. The third-order valence-corrected chi connectivity index (χ3v) is 4.20. The molecule has 0 heterocycles. The second-order valence-electron chi connectivity index (χ2n) is 6.70. The number of hydrogen-bond donors (Lipinski definition) is 1. The molecule has 0 saturated heterocycles. The van der Waals surface area contributed by atoms with E-state index < -0.39 is 5.97 Å². The van der Waals surface area contributed by atoms with E-state index in [0.29, 0.717) is 19.3 Å². The molecule has 0 aliphatic heterocycles. The maximum absolute atomic E-state index is 11.8. The molecule has 0 rings (SSSR count). The van der Waals surface area contributed by atoms with Crippen LogP contribution >= 0.6 is 0 Å². The molecule has 0 spiro atoms. The molecule has 0 aromatic heterocycles. The summed E-state index contributed by atoms with van der Waals surface area (Å²) in [5, 5.41) is 8.65. The summed E-state index contributed by atoms with van der Waals surface area (Å²) in [4.78, 5) is 22.4. The van der Waals surface area contributed by atoms with Crippen LogP contribution in [0.5, 0.6) is 0 Å². The van der Waals surface area contributed by atoms with E-state index >= 15 is 0 Å². The number of esters is 1. The van der Waals surface area contributed by atoms with E-state index in [0.717, 1.165) is 51.4 Å². The summed E-state index contributed by atoms with van der Waals surface area (Å²) in [5.41, 5.74) is 0. The Labute approximate surface area is 165 Å². The molecular weight excluding hydrogens is 340 g/mol. The van der Waals surface area contributed by atoms with Gasteiger partial charge in [-0.05, 0) is 57.8 Å². The van der Waals surface area contributed by atoms with Crippen molar-refractivity contribution in [2.75, 3.05) is 0 Å². The molecule has 0 amide bonds. The van der Waals surface area contributed by atoms with Crippen molar-refractivity contribution in [3.8, 4) is 0 Å². The number of aliphatic carboxylic acids is 1.